The fraction of sp³-hybridized carbons (Fsp3) is 0.500. The minimum absolute atomic E-state index is 0.00713. The lowest BCUT2D eigenvalue weighted by atomic mass is 9.99. The molecule has 6 heteroatoms. The Hall–Kier alpha value is -0.490. The molecule has 2 atom stereocenters. The summed E-state index contributed by atoms with van der Waals surface area (Å²) in [6.07, 6.45) is 2.23. The van der Waals surface area contributed by atoms with Gasteiger partial charge in [-0.1, -0.05) is 29.8 Å². The Morgan fingerprint density at radius 2 is 2.25 bits per heavy atom. The van der Waals surface area contributed by atoms with Crippen molar-refractivity contribution < 1.29 is 4.92 Å². The summed E-state index contributed by atoms with van der Waals surface area (Å²) in [5.41, 5.74) is 0.866. The van der Waals surface area contributed by atoms with Crippen LogP contribution in [-0.4, -0.2) is 14.7 Å². The molecule has 88 valence electrons. The van der Waals surface area contributed by atoms with E-state index >= 15 is 0 Å². The van der Waals surface area contributed by atoms with Crippen molar-refractivity contribution in [3.63, 3.8) is 0 Å². The van der Waals surface area contributed by atoms with Gasteiger partial charge in [-0.15, -0.1) is 0 Å². The van der Waals surface area contributed by atoms with Crippen LogP contribution in [0.15, 0.2) is 16.7 Å². The zero-order valence-electron chi connectivity index (χ0n) is 8.98. The maximum Gasteiger partial charge on any atom is 0.288 e. The van der Waals surface area contributed by atoms with Crippen molar-refractivity contribution in [2.75, 3.05) is 0 Å². The van der Waals surface area contributed by atoms with Gasteiger partial charge in [-0.25, -0.2) is 0 Å². The van der Waals surface area contributed by atoms with Crippen LogP contribution in [0.5, 0.6) is 0 Å². The Labute approximate surface area is 111 Å². The number of aromatic nitrogens is 1. The third-order valence-electron chi connectivity index (χ3n) is 2.41. The van der Waals surface area contributed by atoms with Crippen LogP contribution in [0.3, 0.4) is 0 Å². The summed E-state index contributed by atoms with van der Waals surface area (Å²) >= 11 is 6.86. The van der Waals surface area contributed by atoms with E-state index in [0.717, 1.165) is 12.1 Å². The summed E-state index contributed by atoms with van der Waals surface area (Å²) in [7, 11) is 0. The zero-order chi connectivity index (χ0) is 12.3. The van der Waals surface area contributed by atoms with Gasteiger partial charge >= 0.3 is 0 Å². The van der Waals surface area contributed by atoms with Crippen LogP contribution < -0.4 is 0 Å². The van der Waals surface area contributed by atoms with E-state index in [0.29, 0.717) is 4.47 Å². The van der Waals surface area contributed by atoms with Crippen molar-refractivity contribution in [2.45, 2.75) is 31.0 Å². The average molecular weight is 352 g/mol. The number of alkyl halides is 1. The summed E-state index contributed by atoms with van der Waals surface area (Å²) in [5.74, 6) is 0.246. The van der Waals surface area contributed by atoms with Crippen molar-refractivity contribution in [3.05, 3.63) is 32.5 Å². The van der Waals surface area contributed by atoms with E-state index in [1.165, 1.54) is 12.3 Å². The Kier molecular flexibility index (Phi) is 4.86. The molecule has 0 spiro atoms. The van der Waals surface area contributed by atoms with Gasteiger partial charge in [-0.3, -0.25) is 15.1 Å². The molecule has 0 aromatic carbocycles. The van der Waals surface area contributed by atoms with Crippen LogP contribution in [0.25, 0.3) is 0 Å². The molecule has 0 saturated heterocycles. The normalized spacial score (nSPS) is 14.5. The van der Waals surface area contributed by atoms with Gasteiger partial charge in [0.05, 0.1) is 10.6 Å². The number of halogens is 2. The molecule has 0 amide bonds. The molecule has 1 heterocycles. The molecule has 1 aromatic heterocycles. The highest BCUT2D eigenvalue weighted by molar-refractivity contribution is 9.10. The first-order chi connectivity index (χ1) is 7.47. The predicted molar refractivity (Wildman–Crippen MR) is 70.0 cm³/mol. The molecule has 0 bridgehead atoms. The van der Waals surface area contributed by atoms with E-state index in [9.17, 15) is 10.1 Å². The molecule has 0 fully saturated rings. The molecule has 0 aliphatic heterocycles. The number of hydrogen-bond donors (Lipinski definition) is 0. The first-order valence-corrected chi connectivity index (χ1v) is 6.62. The number of pyridine rings is 1. The molecular formula is C10H12Br2N2O2. The van der Waals surface area contributed by atoms with E-state index < -0.39 is 4.92 Å². The fourth-order valence-electron chi connectivity index (χ4n) is 1.55. The molecule has 0 saturated carbocycles. The fourth-order valence-corrected chi connectivity index (χ4v) is 2.80. The average Bonchev–Trinajstić information content (AvgIpc) is 2.20. The maximum atomic E-state index is 10.6. The van der Waals surface area contributed by atoms with Crippen molar-refractivity contribution in [3.8, 4) is 0 Å². The molecule has 4 nitrogen and oxygen atoms in total. The van der Waals surface area contributed by atoms with Gasteiger partial charge < -0.3 is 0 Å². The highest BCUT2D eigenvalue weighted by Gasteiger charge is 2.21. The van der Waals surface area contributed by atoms with Crippen LogP contribution in [-0.2, 0) is 0 Å². The Bertz CT molecular complexity index is 396. The number of rotatable bonds is 4. The van der Waals surface area contributed by atoms with Crippen LogP contribution in [0.2, 0.25) is 0 Å². The number of hydrogen-bond acceptors (Lipinski definition) is 3. The largest absolute Gasteiger partial charge is 0.288 e. The summed E-state index contributed by atoms with van der Waals surface area (Å²) in [6.45, 7) is 4.11. The summed E-state index contributed by atoms with van der Waals surface area (Å²) in [6, 6.07) is 1.50. The molecule has 0 N–H and O–H groups in total. The van der Waals surface area contributed by atoms with Gasteiger partial charge in [-0.05, 0) is 22.4 Å². The third kappa shape index (κ3) is 3.01. The van der Waals surface area contributed by atoms with E-state index in [1.807, 2.05) is 6.92 Å². The van der Waals surface area contributed by atoms with Crippen molar-refractivity contribution in [2.24, 2.45) is 0 Å². The Morgan fingerprint density at radius 1 is 1.62 bits per heavy atom. The minimum Gasteiger partial charge on any atom is -0.258 e. The topological polar surface area (TPSA) is 56.0 Å². The first kappa shape index (κ1) is 13.6. The van der Waals surface area contributed by atoms with Gasteiger partial charge in [0.2, 0.25) is 0 Å². The third-order valence-corrected chi connectivity index (χ3v) is 3.68. The van der Waals surface area contributed by atoms with Crippen LogP contribution in [0, 0.1) is 10.1 Å². The van der Waals surface area contributed by atoms with Crippen LogP contribution >= 0.6 is 31.9 Å². The van der Waals surface area contributed by atoms with E-state index in [-0.39, 0.29) is 16.4 Å². The van der Waals surface area contributed by atoms with E-state index in [2.05, 4.69) is 43.8 Å². The molecule has 0 aliphatic carbocycles. The summed E-state index contributed by atoms with van der Waals surface area (Å²) in [5, 5.41) is 10.6. The Balaban J connectivity index is 3.11. The minimum atomic E-state index is -0.444. The summed E-state index contributed by atoms with van der Waals surface area (Å²) in [4.78, 5) is 14.6. The van der Waals surface area contributed by atoms with Gasteiger partial charge in [0.25, 0.3) is 5.69 Å². The molecule has 1 rings (SSSR count). The maximum absolute atomic E-state index is 10.6. The highest BCUT2D eigenvalue weighted by Crippen LogP contribution is 2.33. The summed E-state index contributed by atoms with van der Waals surface area (Å²) < 4.78 is 0.694. The van der Waals surface area contributed by atoms with Crippen molar-refractivity contribution in [1.29, 1.82) is 0 Å². The van der Waals surface area contributed by atoms with Gasteiger partial charge in [0.1, 0.15) is 6.20 Å². The van der Waals surface area contributed by atoms with E-state index in [4.69, 9.17) is 0 Å². The van der Waals surface area contributed by atoms with Gasteiger partial charge in [-0.2, -0.15) is 0 Å². The standard InChI is InChI=1S/C10H12Br2N2O2/c1-3-8(6(2)11)10-9(12)4-7(5-13-10)14(15)16/h4-6,8H,3H2,1-2H3. The molecular weight excluding hydrogens is 340 g/mol. The lowest BCUT2D eigenvalue weighted by Gasteiger charge is -2.18. The SMILES string of the molecule is CCC(c1ncc([N+](=O)[O-])cc1Br)C(C)Br. The smallest absolute Gasteiger partial charge is 0.258 e. The highest BCUT2D eigenvalue weighted by atomic mass is 79.9. The van der Waals surface area contributed by atoms with Crippen LogP contribution in [0.1, 0.15) is 31.9 Å². The lowest BCUT2D eigenvalue weighted by molar-refractivity contribution is -0.385. The second kappa shape index (κ2) is 5.72. The molecule has 16 heavy (non-hydrogen) atoms. The Morgan fingerprint density at radius 3 is 2.62 bits per heavy atom. The monoisotopic (exact) mass is 350 g/mol. The zero-order valence-corrected chi connectivity index (χ0v) is 12.2. The molecule has 2 unspecified atom stereocenters. The van der Waals surface area contributed by atoms with Crippen molar-refractivity contribution >= 4 is 37.5 Å². The van der Waals surface area contributed by atoms with Crippen molar-refractivity contribution in [1.82, 2.24) is 4.98 Å². The second-order valence-electron chi connectivity index (χ2n) is 3.51. The van der Waals surface area contributed by atoms with Gasteiger partial charge in [0, 0.05) is 21.3 Å². The van der Waals surface area contributed by atoms with Crippen LogP contribution in [0.4, 0.5) is 5.69 Å². The van der Waals surface area contributed by atoms with Gasteiger partial charge in [0.15, 0.2) is 0 Å². The number of nitro groups is 1. The quantitative estimate of drug-likeness (QED) is 0.467. The predicted octanol–water partition coefficient (Wildman–Crippen LogP) is 4.03. The molecule has 1 aromatic rings. The molecule has 0 radical (unpaired) electrons. The number of nitrogens with zero attached hydrogens (tertiary/aromatic N) is 2. The lowest BCUT2D eigenvalue weighted by Crippen LogP contribution is -2.10. The second-order valence-corrected chi connectivity index (χ2v) is 5.81. The van der Waals surface area contributed by atoms with E-state index in [1.54, 1.807) is 0 Å². The first-order valence-electron chi connectivity index (χ1n) is 4.91. The molecule has 0 aliphatic rings.